The van der Waals surface area contributed by atoms with Crippen molar-refractivity contribution in [2.75, 3.05) is 24.3 Å². The van der Waals surface area contributed by atoms with Crippen molar-refractivity contribution in [3.63, 3.8) is 0 Å². The van der Waals surface area contributed by atoms with E-state index in [-0.39, 0.29) is 11.3 Å². The van der Waals surface area contributed by atoms with Crippen molar-refractivity contribution in [2.24, 2.45) is 0 Å². The van der Waals surface area contributed by atoms with Crippen LogP contribution in [0.4, 0.5) is 11.4 Å². The highest BCUT2D eigenvalue weighted by Gasteiger charge is 2.18. The minimum atomic E-state index is -0.0168. The maximum atomic E-state index is 12.3. The number of aryl methyl sites for hydroxylation is 1. The molecule has 1 amide bonds. The molecular formula is C21H28N2O2. The molecule has 0 aromatic heterocycles. The molecule has 0 aliphatic heterocycles. The highest BCUT2D eigenvalue weighted by Crippen LogP contribution is 2.29. The van der Waals surface area contributed by atoms with Crippen LogP contribution in [0.2, 0.25) is 0 Å². The number of para-hydroxylation sites is 1. The number of benzene rings is 2. The number of rotatable bonds is 6. The van der Waals surface area contributed by atoms with Crippen LogP contribution in [0, 0.1) is 6.92 Å². The lowest BCUT2D eigenvalue weighted by Gasteiger charge is -2.23. The Morgan fingerprint density at radius 3 is 2.48 bits per heavy atom. The maximum absolute atomic E-state index is 12.3. The number of carbonyl (C=O) groups is 1. The Bertz CT molecular complexity index is 733. The number of anilines is 2. The first-order valence-corrected chi connectivity index (χ1v) is 8.59. The van der Waals surface area contributed by atoms with Gasteiger partial charge in [-0.2, -0.15) is 0 Å². The van der Waals surface area contributed by atoms with E-state index in [1.54, 1.807) is 7.11 Å². The van der Waals surface area contributed by atoms with E-state index < -0.39 is 0 Å². The molecule has 2 aromatic rings. The summed E-state index contributed by atoms with van der Waals surface area (Å²) in [5, 5.41) is 6.31. The summed E-state index contributed by atoms with van der Waals surface area (Å²) in [7, 11) is 1.64. The molecule has 0 aliphatic rings. The van der Waals surface area contributed by atoms with Crippen LogP contribution in [0.5, 0.6) is 5.75 Å². The smallest absolute Gasteiger partial charge is 0.226 e. The van der Waals surface area contributed by atoms with Crippen molar-refractivity contribution in [3.8, 4) is 5.75 Å². The fraction of sp³-hybridized carbons (Fsp3) is 0.381. The van der Waals surface area contributed by atoms with E-state index in [0.717, 1.165) is 28.3 Å². The number of nitrogens with one attached hydrogen (secondary N) is 2. The van der Waals surface area contributed by atoms with Crippen molar-refractivity contribution in [1.82, 2.24) is 0 Å². The first-order valence-electron chi connectivity index (χ1n) is 8.59. The van der Waals surface area contributed by atoms with Gasteiger partial charge in [0.25, 0.3) is 0 Å². The number of carbonyl (C=O) groups excluding carboxylic acids is 1. The molecule has 0 saturated heterocycles. The molecule has 0 unspecified atom stereocenters. The molecule has 2 aromatic carbocycles. The summed E-state index contributed by atoms with van der Waals surface area (Å²) < 4.78 is 5.34. The molecule has 0 fully saturated rings. The molecule has 134 valence electrons. The highest BCUT2D eigenvalue weighted by atomic mass is 16.5. The molecule has 25 heavy (non-hydrogen) atoms. The Morgan fingerprint density at radius 1 is 1.08 bits per heavy atom. The van der Waals surface area contributed by atoms with Gasteiger partial charge in [0.2, 0.25) is 5.91 Å². The van der Waals surface area contributed by atoms with Crippen molar-refractivity contribution >= 4 is 17.3 Å². The van der Waals surface area contributed by atoms with Crippen LogP contribution < -0.4 is 15.4 Å². The average Bonchev–Trinajstić information content (AvgIpc) is 2.54. The van der Waals surface area contributed by atoms with Crippen LogP contribution in [0.15, 0.2) is 42.5 Å². The Hall–Kier alpha value is -2.49. The van der Waals surface area contributed by atoms with Gasteiger partial charge in [-0.1, -0.05) is 45.0 Å². The summed E-state index contributed by atoms with van der Waals surface area (Å²) in [6, 6.07) is 13.9. The minimum Gasteiger partial charge on any atom is -0.495 e. The molecule has 0 spiro atoms. The lowest BCUT2D eigenvalue weighted by Crippen LogP contribution is -2.20. The summed E-state index contributed by atoms with van der Waals surface area (Å²) in [6.07, 6.45) is 0.384. The zero-order chi connectivity index (χ0) is 18.4. The minimum absolute atomic E-state index is 0.00387. The van der Waals surface area contributed by atoms with Crippen molar-refractivity contribution in [3.05, 3.63) is 53.6 Å². The molecule has 2 rings (SSSR count). The van der Waals surface area contributed by atoms with Gasteiger partial charge >= 0.3 is 0 Å². The van der Waals surface area contributed by atoms with Crippen LogP contribution in [0.3, 0.4) is 0 Å². The molecule has 2 N–H and O–H groups in total. The van der Waals surface area contributed by atoms with E-state index in [1.807, 2.05) is 43.3 Å². The van der Waals surface area contributed by atoms with Gasteiger partial charge in [-0.25, -0.2) is 0 Å². The molecule has 0 heterocycles. The zero-order valence-electron chi connectivity index (χ0n) is 15.8. The summed E-state index contributed by atoms with van der Waals surface area (Å²) in [6.45, 7) is 9.00. The van der Waals surface area contributed by atoms with E-state index in [0.29, 0.717) is 13.0 Å². The highest BCUT2D eigenvalue weighted by molar-refractivity contribution is 5.92. The standard InChI is InChI=1S/C21H28N2O2/c1-15-10-11-19(25-5)18(14-15)22-13-12-20(24)23-17-9-7-6-8-16(17)21(2,3)4/h6-11,14,22H,12-13H2,1-5H3,(H,23,24). The van der Waals surface area contributed by atoms with Gasteiger partial charge in [-0.3, -0.25) is 4.79 Å². The van der Waals surface area contributed by atoms with Gasteiger partial charge in [-0.05, 0) is 41.7 Å². The molecule has 0 bridgehead atoms. The fourth-order valence-electron chi connectivity index (χ4n) is 2.73. The van der Waals surface area contributed by atoms with E-state index in [1.165, 1.54) is 0 Å². The second-order valence-electron chi connectivity index (χ2n) is 7.22. The Kier molecular flexibility index (Phi) is 6.07. The van der Waals surface area contributed by atoms with Crippen LogP contribution in [-0.4, -0.2) is 19.6 Å². The second kappa shape index (κ2) is 8.06. The number of hydrogen-bond donors (Lipinski definition) is 2. The van der Waals surface area contributed by atoms with Gasteiger partial charge in [0.15, 0.2) is 0 Å². The first-order chi connectivity index (χ1) is 11.8. The Balaban J connectivity index is 1.95. The molecule has 0 atom stereocenters. The number of ether oxygens (including phenoxy) is 1. The monoisotopic (exact) mass is 340 g/mol. The number of hydrogen-bond acceptors (Lipinski definition) is 3. The van der Waals surface area contributed by atoms with E-state index >= 15 is 0 Å². The quantitative estimate of drug-likeness (QED) is 0.798. The summed E-state index contributed by atoms with van der Waals surface area (Å²) >= 11 is 0. The van der Waals surface area contributed by atoms with Crippen LogP contribution in [0.25, 0.3) is 0 Å². The molecule has 0 saturated carbocycles. The topological polar surface area (TPSA) is 50.4 Å². The fourth-order valence-corrected chi connectivity index (χ4v) is 2.73. The van der Waals surface area contributed by atoms with E-state index in [9.17, 15) is 4.79 Å². The molecular weight excluding hydrogens is 312 g/mol. The normalized spacial score (nSPS) is 11.1. The average molecular weight is 340 g/mol. The molecule has 0 aliphatic carbocycles. The third kappa shape index (κ3) is 5.24. The molecule has 0 radical (unpaired) electrons. The van der Waals surface area contributed by atoms with Crippen molar-refractivity contribution in [1.29, 1.82) is 0 Å². The Morgan fingerprint density at radius 2 is 1.80 bits per heavy atom. The van der Waals surface area contributed by atoms with Gasteiger partial charge in [-0.15, -0.1) is 0 Å². The maximum Gasteiger partial charge on any atom is 0.226 e. The van der Waals surface area contributed by atoms with Gasteiger partial charge in [0, 0.05) is 18.7 Å². The molecule has 4 heteroatoms. The second-order valence-corrected chi connectivity index (χ2v) is 7.22. The SMILES string of the molecule is COc1ccc(C)cc1NCCC(=O)Nc1ccccc1C(C)(C)C. The Labute approximate surface area is 150 Å². The van der Waals surface area contributed by atoms with Gasteiger partial charge in [0.05, 0.1) is 12.8 Å². The van der Waals surface area contributed by atoms with Crippen LogP contribution >= 0.6 is 0 Å². The van der Waals surface area contributed by atoms with Crippen molar-refractivity contribution in [2.45, 2.75) is 39.5 Å². The third-order valence-corrected chi connectivity index (χ3v) is 4.03. The van der Waals surface area contributed by atoms with E-state index in [4.69, 9.17) is 4.74 Å². The van der Waals surface area contributed by atoms with E-state index in [2.05, 4.69) is 37.5 Å². The van der Waals surface area contributed by atoms with Crippen LogP contribution in [0.1, 0.15) is 38.3 Å². The zero-order valence-corrected chi connectivity index (χ0v) is 15.8. The van der Waals surface area contributed by atoms with Gasteiger partial charge < -0.3 is 15.4 Å². The largest absolute Gasteiger partial charge is 0.495 e. The first kappa shape index (κ1) is 18.8. The number of methoxy groups -OCH3 is 1. The van der Waals surface area contributed by atoms with Gasteiger partial charge in [0.1, 0.15) is 5.75 Å². The lowest BCUT2D eigenvalue weighted by molar-refractivity contribution is -0.115. The summed E-state index contributed by atoms with van der Waals surface area (Å²) in [5.41, 5.74) is 4.05. The third-order valence-electron chi connectivity index (χ3n) is 4.03. The summed E-state index contributed by atoms with van der Waals surface area (Å²) in [5.74, 6) is 0.778. The predicted octanol–water partition coefficient (Wildman–Crippen LogP) is 4.74. The van der Waals surface area contributed by atoms with Crippen LogP contribution in [-0.2, 0) is 10.2 Å². The predicted molar refractivity (Wildman–Crippen MR) is 105 cm³/mol. The van der Waals surface area contributed by atoms with Crippen molar-refractivity contribution < 1.29 is 9.53 Å². The molecule has 4 nitrogen and oxygen atoms in total. The lowest BCUT2D eigenvalue weighted by atomic mass is 9.86. The number of amides is 1. The summed E-state index contributed by atoms with van der Waals surface area (Å²) in [4.78, 5) is 12.3.